The number of hydrogen-bond donors (Lipinski definition) is 0. The molecular weight excluding hydrogens is 415 g/mol. The van der Waals surface area contributed by atoms with E-state index in [1.54, 1.807) is 19.3 Å². The van der Waals surface area contributed by atoms with Crippen molar-refractivity contribution in [2.24, 2.45) is 0 Å². The fraction of sp³-hybridized carbons (Fsp3) is 0.308. The molecule has 0 bridgehead atoms. The molecule has 1 unspecified atom stereocenters. The molecule has 6 heteroatoms. The first-order chi connectivity index (χ1) is 15.2. The number of esters is 1. The molecular formula is C26H26F3NO2. The number of aromatic nitrogens is 1. The Morgan fingerprint density at radius 3 is 1.91 bits per heavy atom. The summed E-state index contributed by atoms with van der Waals surface area (Å²) >= 11 is 0. The number of alkyl halides is 3. The standard InChI is InChI=1S/C26H26F3NO2/c1-4-12-25(3,24(31)32-5-2)23-16-20(15-21(17-23)19-10-13-30-14-11-19)18-6-8-22(9-7-18)26(27,28)29/h6-11,13-17H,4-5,12H2,1-3H3. The molecule has 1 aromatic heterocycles. The van der Waals surface area contributed by atoms with Crippen molar-refractivity contribution in [3.8, 4) is 22.3 Å². The van der Waals surface area contributed by atoms with Gasteiger partial charge in [-0.3, -0.25) is 9.78 Å². The Morgan fingerprint density at radius 2 is 1.41 bits per heavy atom. The minimum absolute atomic E-state index is 0.272. The topological polar surface area (TPSA) is 39.2 Å². The van der Waals surface area contributed by atoms with E-state index in [2.05, 4.69) is 4.98 Å². The van der Waals surface area contributed by atoms with E-state index in [1.807, 2.05) is 44.2 Å². The van der Waals surface area contributed by atoms with Gasteiger partial charge < -0.3 is 4.74 Å². The van der Waals surface area contributed by atoms with E-state index >= 15 is 0 Å². The molecule has 0 spiro atoms. The number of ether oxygens (including phenoxy) is 1. The summed E-state index contributed by atoms with van der Waals surface area (Å²) in [4.78, 5) is 17.0. The first-order valence-corrected chi connectivity index (χ1v) is 10.6. The van der Waals surface area contributed by atoms with Crippen LogP contribution in [0.5, 0.6) is 0 Å². The van der Waals surface area contributed by atoms with Gasteiger partial charge in [-0.05, 0) is 90.6 Å². The summed E-state index contributed by atoms with van der Waals surface area (Å²) in [5.41, 5.74) is 2.31. The van der Waals surface area contributed by atoms with Gasteiger partial charge in [-0.2, -0.15) is 13.2 Å². The molecule has 3 nitrogen and oxygen atoms in total. The molecule has 2 aromatic carbocycles. The zero-order chi connectivity index (χ0) is 23.4. The summed E-state index contributed by atoms with van der Waals surface area (Å²) in [7, 11) is 0. The summed E-state index contributed by atoms with van der Waals surface area (Å²) in [5.74, 6) is -0.313. The number of nitrogens with zero attached hydrogens (tertiary/aromatic N) is 1. The highest BCUT2D eigenvalue weighted by Gasteiger charge is 2.36. The van der Waals surface area contributed by atoms with Gasteiger partial charge >= 0.3 is 12.1 Å². The second-order valence-electron chi connectivity index (χ2n) is 7.91. The fourth-order valence-corrected chi connectivity index (χ4v) is 3.83. The van der Waals surface area contributed by atoms with Crippen LogP contribution in [0.15, 0.2) is 67.0 Å². The zero-order valence-corrected chi connectivity index (χ0v) is 18.4. The second-order valence-corrected chi connectivity index (χ2v) is 7.91. The minimum Gasteiger partial charge on any atom is -0.465 e. The maximum Gasteiger partial charge on any atom is 0.416 e. The van der Waals surface area contributed by atoms with Crippen LogP contribution in [0.3, 0.4) is 0 Å². The highest BCUT2D eigenvalue weighted by Crippen LogP contribution is 2.38. The van der Waals surface area contributed by atoms with E-state index in [0.717, 1.165) is 40.8 Å². The Labute approximate surface area is 186 Å². The molecule has 0 saturated heterocycles. The summed E-state index contributed by atoms with van der Waals surface area (Å²) < 4.78 is 44.4. The summed E-state index contributed by atoms with van der Waals surface area (Å²) in [6, 6.07) is 14.5. The highest BCUT2D eigenvalue weighted by molar-refractivity contribution is 5.85. The third-order valence-corrected chi connectivity index (χ3v) is 5.61. The smallest absolute Gasteiger partial charge is 0.416 e. The van der Waals surface area contributed by atoms with Gasteiger partial charge in [0.2, 0.25) is 0 Å². The highest BCUT2D eigenvalue weighted by atomic mass is 19.4. The second kappa shape index (κ2) is 9.55. The van der Waals surface area contributed by atoms with Crippen LogP contribution in [0.1, 0.15) is 44.7 Å². The van der Waals surface area contributed by atoms with Gasteiger partial charge in [-0.1, -0.05) is 25.5 Å². The number of rotatable bonds is 7. The third-order valence-electron chi connectivity index (χ3n) is 5.61. The van der Waals surface area contributed by atoms with E-state index in [-0.39, 0.29) is 12.6 Å². The number of pyridine rings is 1. The predicted molar refractivity (Wildman–Crippen MR) is 119 cm³/mol. The van der Waals surface area contributed by atoms with Crippen molar-refractivity contribution in [1.29, 1.82) is 0 Å². The van der Waals surface area contributed by atoms with Crippen molar-refractivity contribution in [1.82, 2.24) is 4.98 Å². The van der Waals surface area contributed by atoms with Crippen LogP contribution < -0.4 is 0 Å². The zero-order valence-electron chi connectivity index (χ0n) is 18.4. The van der Waals surface area contributed by atoms with Gasteiger partial charge in [0.05, 0.1) is 17.6 Å². The Kier molecular flexibility index (Phi) is 7.02. The van der Waals surface area contributed by atoms with Gasteiger partial charge in [0.15, 0.2) is 0 Å². The molecule has 3 rings (SSSR count). The number of carbonyl (C=O) groups excluding carboxylic acids is 1. The first-order valence-electron chi connectivity index (χ1n) is 10.6. The lowest BCUT2D eigenvalue weighted by atomic mass is 9.76. The van der Waals surface area contributed by atoms with Crippen molar-refractivity contribution in [2.75, 3.05) is 6.61 Å². The van der Waals surface area contributed by atoms with Crippen molar-refractivity contribution < 1.29 is 22.7 Å². The molecule has 3 aromatic rings. The summed E-state index contributed by atoms with van der Waals surface area (Å²) in [5, 5.41) is 0. The van der Waals surface area contributed by atoms with Crippen molar-refractivity contribution in [3.05, 3.63) is 78.1 Å². The lowest BCUT2D eigenvalue weighted by molar-refractivity contribution is -0.149. The molecule has 0 aliphatic rings. The Morgan fingerprint density at radius 1 is 0.844 bits per heavy atom. The number of hydrogen-bond acceptors (Lipinski definition) is 3. The molecule has 0 radical (unpaired) electrons. The molecule has 1 heterocycles. The van der Waals surface area contributed by atoms with E-state index < -0.39 is 17.2 Å². The quantitative estimate of drug-likeness (QED) is 0.369. The van der Waals surface area contributed by atoms with E-state index in [9.17, 15) is 18.0 Å². The Bertz CT molecular complexity index is 1060. The SMILES string of the molecule is CCCC(C)(C(=O)OCC)c1cc(-c2ccncc2)cc(-c2ccc(C(F)(F)F)cc2)c1. The molecule has 0 fully saturated rings. The van der Waals surface area contributed by atoms with Crippen LogP contribution in [-0.2, 0) is 21.1 Å². The van der Waals surface area contributed by atoms with Crippen LogP contribution in [0, 0.1) is 0 Å². The van der Waals surface area contributed by atoms with Crippen LogP contribution >= 0.6 is 0 Å². The minimum atomic E-state index is -4.40. The molecule has 0 saturated carbocycles. The van der Waals surface area contributed by atoms with Crippen LogP contribution in [0.2, 0.25) is 0 Å². The van der Waals surface area contributed by atoms with E-state index in [0.29, 0.717) is 12.0 Å². The molecule has 0 N–H and O–H groups in total. The average Bonchev–Trinajstić information content (AvgIpc) is 2.79. The number of carbonyl (C=O) groups is 1. The van der Waals surface area contributed by atoms with Crippen molar-refractivity contribution in [3.63, 3.8) is 0 Å². The molecule has 32 heavy (non-hydrogen) atoms. The van der Waals surface area contributed by atoms with Gasteiger partial charge in [-0.25, -0.2) is 0 Å². The number of halogens is 3. The summed E-state index contributed by atoms with van der Waals surface area (Å²) in [6.07, 6.45) is 0.307. The molecule has 0 aliphatic heterocycles. The molecule has 168 valence electrons. The van der Waals surface area contributed by atoms with Gasteiger partial charge in [0.1, 0.15) is 0 Å². The molecule has 1 atom stereocenters. The first kappa shape index (κ1) is 23.5. The largest absolute Gasteiger partial charge is 0.465 e. The fourth-order valence-electron chi connectivity index (χ4n) is 3.83. The number of benzene rings is 2. The maximum atomic E-state index is 13.0. The molecule has 0 amide bonds. The van der Waals surface area contributed by atoms with Gasteiger partial charge in [0.25, 0.3) is 0 Å². The van der Waals surface area contributed by atoms with Gasteiger partial charge in [-0.15, -0.1) is 0 Å². The third kappa shape index (κ3) is 5.01. The maximum absolute atomic E-state index is 13.0. The van der Waals surface area contributed by atoms with E-state index in [4.69, 9.17) is 4.74 Å². The normalized spacial score (nSPS) is 13.4. The molecule has 0 aliphatic carbocycles. The van der Waals surface area contributed by atoms with Crippen LogP contribution in [0.4, 0.5) is 13.2 Å². The summed E-state index contributed by atoms with van der Waals surface area (Å²) in [6.45, 7) is 5.90. The Balaban J connectivity index is 2.19. The average molecular weight is 441 g/mol. The van der Waals surface area contributed by atoms with Crippen LogP contribution in [-0.4, -0.2) is 17.6 Å². The Hall–Kier alpha value is -3.15. The lowest BCUT2D eigenvalue weighted by Gasteiger charge is -2.28. The lowest BCUT2D eigenvalue weighted by Crippen LogP contribution is -2.34. The van der Waals surface area contributed by atoms with Crippen molar-refractivity contribution >= 4 is 5.97 Å². The van der Waals surface area contributed by atoms with E-state index in [1.165, 1.54) is 12.1 Å². The van der Waals surface area contributed by atoms with Crippen LogP contribution in [0.25, 0.3) is 22.3 Å². The predicted octanol–water partition coefficient (Wildman–Crippen LogP) is 7.06. The van der Waals surface area contributed by atoms with Crippen molar-refractivity contribution in [2.45, 2.75) is 45.2 Å². The monoisotopic (exact) mass is 441 g/mol. The van der Waals surface area contributed by atoms with Gasteiger partial charge in [0, 0.05) is 12.4 Å².